The maximum Gasteiger partial charge on any atom is 0.220 e. The Labute approximate surface area is 387 Å². The molecule has 0 saturated carbocycles. The second-order valence-corrected chi connectivity index (χ2v) is 12.3. The summed E-state index contributed by atoms with van der Waals surface area (Å²) in [6.07, 6.45) is 6.04. The van der Waals surface area contributed by atoms with Crippen molar-refractivity contribution in [3.05, 3.63) is 5.73 Å². The van der Waals surface area contributed by atoms with E-state index in [4.69, 9.17) is 17.2 Å². The summed E-state index contributed by atoms with van der Waals surface area (Å²) in [5.74, 6) is -0.168. The van der Waals surface area contributed by atoms with Gasteiger partial charge in [0.25, 0.3) is 0 Å². The van der Waals surface area contributed by atoms with Crippen molar-refractivity contribution in [3.8, 4) is 0 Å². The van der Waals surface area contributed by atoms with E-state index < -0.39 is 5.91 Å². The van der Waals surface area contributed by atoms with Crippen molar-refractivity contribution in [1.29, 1.82) is 0 Å². The molecule has 1 radical (unpaired) electrons. The molecule has 0 aliphatic rings. The Kier molecular flexibility index (Phi) is 149. The Morgan fingerprint density at radius 2 is 0.815 bits per heavy atom. The molecule has 0 aliphatic heterocycles. The van der Waals surface area contributed by atoms with E-state index in [2.05, 4.69) is 49.0 Å². The predicted octanol–water partition coefficient (Wildman–Crippen LogP) is 7.52. The average Bonchev–Trinajstić information content (AvgIpc) is 2.82. The summed E-state index contributed by atoms with van der Waals surface area (Å²) in [7, 11) is 8.84. The van der Waals surface area contributed by atoms with Gasteiger partial charge in [0.05, 0.1) is 60.3 Å². The van der Waals surface area contributed by atoms with Gasteiger partial charge in [-0.05, 0) is 58.8 Å². The zero-order valence-corrected chi connectivity index (χ0v) is 31.6. The number of rotatable bonds is 19. The molecule has 0 spiro atoms. The molecule has 5 N–H and O–H groups in total. The number of halogens is 2. The second kappa shape index (κ2) is 64.9. The van der Waals surface area contributed by atoms with Crippen LogP contribution in [-0.2, 0) is 47.1 Å². The molecule has 0 rings (SSSR count). The normalized spacial score (nSPS) is 11.0. The number of amides is 3. The van der Waals surface area contributed by atoms with Crippen LogP contribution in [-0.4, -0.2) is 81.1 Å². The Balaban J connectivity index is -0.0000000206. The fraction of sp³-hybridized carbons (Fsp3) is 0.930. The van der Waals surface area contributed by atoms with Crippen molar-refractivity contribution in [2.45, 2.75) is 190 Å². The second-order valence-electron chi connectivity index (χ2n) is 12.3. The topological polar surface area (TPSA) is 127 Å². The molecule has 3 amide bonds. The van der Waals surface area contributed by atoms with Crippen LogP contribution in [0.25, 0.3) is 5.73 Å². The third-order valence-electron chi connectivity index (χ3n) is 8.28. The molecule has 351 valence electrons. The monoisotopic (exact) mass is 912 g/mol. The van der Waals surface area contributed by atoms with Gasteiger partial charge in [0.1, 0.15) is 0 Å². The summed E-state index contributed by atoms with van der Waals surface area (Å²) >= 11 is 0. The van der Waals surface area contributed by atoms with Gasteiger partial charge in [-0.15, -0.1) is 0 Å². The summed E-state index contributed by atoms with van der Waals surface area (Å²) < 4.78 is 1.91. The van der Waals surface area contributed by atoms with Gasteiger partial charge < -0.3 is 55.8 Å². The fourth-order valence-electron chi connectivity index (χ4n) is 4.69. The average molecular weight is 913 g/mol. The number of hydrogen-bond donors (Lipinski definition) is 2. The molecule has 0 bridgehead atoms. The third kappa shape index (κ3) is 61.2. The number of nitrogens with two attached hydrogens (primary N) is 2. The van der Waals surface area contributed by atoms with Crippen molar-refractivity contribution >= 4 is 17.7 Å². The summed E-state index contributed by atoms with van der Waals surface area (Å²) in [5.41, 5.74) is 18.1. The van der Waals surface area contributed by atoms with Crippen LogP contribution >= 0.6 is 0 Å². The van der Waals surface area contributed by atoms with E-state index in [1.165, 1.54) is 0 Å². The first kappa shape index (κ1) is 124. The molecule has 11 heteroatoms. The number of carbonyl (C=O) groups is 3. The van der Waals surface area contributed by atoms with E-state index in [9.17, 15) is 14.4 Å². The minimum absolute atomic E-state index is 0. The zero-order chi connectivity index (χ0) is 29.4. The molecule has 0 aromatic rings. The summed E-state index contributed by atoms with van der Waals surface area (Å²) in [4.78, 5) is 33.8. The molecule has 0 heterocycles. The van der Waals surface area contributed by atoms with Gasteiger partial charge in [-0.1, -0.05) is 132 Å². The molecule has 0 aromatic heterocycles. The van der Waals surface area contributed by atoms with Gasteiger partial charge in [0.2, 0.25) is 11.8 Å². The zero-order valence-electron chi connectivity index (χ0n) is 27.3. The quantitative estimate of drug-likeness (QED) is 0.130. The van der Waals surface area contributed by atoms with E-state index in [0.29, 0.717) is 18.3 Å². The van der Waals surface area contributed by atoms with E-state index in [1.54, 1.807) is 0 Å². The van der Waals surface area contributed by atoms with Gasteiger partial charge in [0.15, 0.2) is 0 Å². The van der Waals surface area contributed by atoms with E-state index in [1.807, 2.05) is 20.8 Å². The number of quaternary nitrogens is 2. The minimum atomic E-state index is -0.466. The van der Waals surface area contributed by atoms with Gasteiger partial charge in [-0.25, -0.2) is 0 Å². The Morgan fingerprint density at radius 3 is 1.04 bits per heavy atom. The van der Waals surface area contributed by atoms with Crippen LogP contribution in [0.4, 0.5) is 0 Å². The van der Waals surface area contributed by atoms with Crippen LogP contribution in [0.15, 0.2) is 0 Å². The molecule has 0 aromatic carbocycles. The van der Waals surface area contributed by atoms with Crippen molar-refractivity contribution in [2.75, 3.05) is 54.4 Å². The summed E-state index contributed by atoms with van der Waals surface area (Å²) in [6, 6.07) is 0. The molecule has 5 unspecified atom stereocenters. The molecule has 0 fully saturated rings. The Hall–Kier alpha value is 0.0139. The van der Waals surface area contributed by atoms with Gasteiger partial charge in [-0.2, -0.15) is 0 Å². The SMILES string of the molecule is C.C.C.C.C.C.C.C.C.C.C.C.C.C.CCC(CC(CC)C(N)=O)C[N+](C)(C)CC.CCC(CC(CCC(C)C(N)=O)C[N+](C)(C)CC)C([NH-])=O.[Cl-].[Cl-].[Y]. The first-order valence-corrected chi connectivity index (χ1v) is 14.5. The van der Waals surface area contributed by atoms with Crippen molar-refractivity contribution in [3.63, 3.8) is 0 Å². The van der Waals surface area contributed by atoms with Crippen molar-refractivity contribution < 1.29 is 80.9 Å². The summed E-state index contributed by atoms with van der Waals surface area (Å²) in [5, 5.41) is 0. The van der Waals surface area contributed by atoms with Crippen LogP contribution in [0, 0.1) is 29.6 Å². The van der Waals surface area contributed by atoms with Gasteiger partial charge in [0, 0.05) is 62.3 Å². The van der Waals surface area contributed by atoms with Crippen LogP contribution < -0.4 is 36.3 Å². The molecular weight excluding hydrogens is 794 g/mol. The standard InChI is InChI=1S/C16H33N3O2.C13H28N2O.14CH4.2ClH.Y/c1-6-14(16(18)21)10-13(11-19(4,5)7-2)9-8-12(3)15(17)20;1-6-11(10-15(4,5)8-3)9-12(7-2)13(14)16;;;;;;;;;;;;;;;;;/h12-14H,6-11H2,1-5H3,(H3-,17,18,20,21);11-12H,6-10H2,1-5H3,(H-,14,16);14*1H4;2*1H;/p-1. The number of nitrogens with one attached hydrogen (secondary N) is 1. The van der Waals surface area contributed by atoms with Crippen LogP contribution in [0.1, 0.15) is 190 Å². The van der Waals surface area contributed by atoms with Crippen LogP contribution in [0.5, 0.6) is 0 Å². The predicted molar refractivity (Wildman–Crippen MR) is 249 cm³/mol. The van der Waals surface area contributed by atoms with E-state index in [-0.39, 0.29) is 191 Å². The minimum Gasteiger partial charge on any atom is -1.00 e. The van der Waals surface area contributed by atoms with Gasteiger partial charge >= 0.3 is 0 Å². The molecular formula is C43H118Cl2N5O3Y-. The smallest absolute Gasteiger partial charge is 0.220 e. The maximum absolute atomic E-state index is 11.4. The van der Waals surface area contributed by atoms with Crippen LogP contribution in [0.3, 0.4) is 0 Å². The largest absolute Gasteiger partial charge is 1.00 e. The number of hydrogen-bond acceptors (Lipinski definition) is 3. The van der Waals surface area contributed by atoms with Crippen molar-refractivity contribution in [2.24, 2.45) is 41.1 Å². The fourth-order valence-corrected chi connectivity index (χ4v) is 4.69. The molecule has 8 nitrogen and oxygen atoms in total. The maximum atomic E-state index is 11.4. The third-order valence-corrected chi connectivity index (χ3v) is 8.28. The van der Waals surface area contributed by atoms with Crippen molar-refractivity contribution in [1.82, 2.24) is 0 Å². The van der Waals surface area contributed by atoms with E-state index in [0.717, 1.165) is 73.7 Å². The molecule has 0 saturated heterocycles. The van der Waals surface area contributed by atoms with Gasteiger partial charge in [-0.3, -0.25) is 9.59 Å². The number of primary amides is 2. The van der Waals surface area contributed by atoms with E-state index >= 15 is 0 Å². The van der Waals surface area contributed by atoms with Crippen LogP contribution in [0.2, 0.25) is 0 Å². The first-order valence-electron chi connectivity index (χ1n) is 14.5. The Morgan fingerprint density at radius 1 is 0.519 bits per heavy atom. The molecule has 5 atom stereocenters. The molecule has 0 aliphatic carbocycles. The summed E-state index contributed by atoms with van der Waals surface area (Å²) in [6.45, 7) is 16.7. The number of nitrogens with zero attached hydrogens (tertiary/aromatic N) is 2. The Bertz CT molecular complexity index is 689. The number of carbonyl (C=O) groups excluding carboxylic acids is 3. The first-order chi connectivity index (χ1) is 17.0. The molecule has 54 heavy (non-hydrogen) atoms.